The highest BCUT2D eigenvalue weighted by Crippen LogP contribution is 2.25. The van der Waals surface area contributed by atoms with Crippen LogP contribution in [0, 0.1) is 0 Å². The molecule has 2 heterocycles. The molecular formula is C25H38N6. The summed E-state index contributed by atoms with van der Waals surface area (Å²) in [5, 5.41) is 7.08. The second-order valence-electron chi connectivity index (χ2n) is 9.04. The predicted molar refractivity (Wildman–Crippen MR) is 129 cm³/mol. The van der Waals surface area contributed by atoms with Gasteiger partial charge >= 0.3 is 0 Å². The second-order valence-corrected chi connectivity index (χ2v) is 9.04. The van der Waals surface area contributed by atoms with Gasteiger partial charge in [-0.2, -0.15) is 15.0 Å². The first-order chi connectivity index (χ1) is 15.3. The average molecular weight is 423 g/mol. The largest absolute Gasteiger partial charge is 0.354 e. The summed E-state index contributed by atoms with van der Waals surface area (Å²) in [5.41, 5.74) is 2.87. The zero-order valence-corrected chi connectivity index (χ0v) is 19.1. The lowest BCUT2D eigenvalue weighted by Crippen LogP contribution is -2.30. The number of nitrogens with zero attached hydrogens (tertiary/aromatic N) is 4. The predicted octanol–water partition coefficient (Wildman–Crippen LogP) is 5.21. The van der Waals surface area contributed by atoms with Crippen LogP contribution in [0.4, 0.5) is 17.8 Å². The van der Waals surface area contributed by atoms with Crippen molar-refractivity contribution in [1.82, 2.24) is 15.0 Å². The molecule has 1 saturated heterocycles. The van der Waals surface area contributed by atoms with Crippen molar-refractivity contribution in [2.45, 2.75) is 83.6 Å². The van der Waals surface area contributed by atoms with Crippen molar-refractivity contribution in [2.75, 3.05) is 35.2 Å². The van der Waals surface area contributed by atoms with E-state index in [1.54, 1.807) is 0 Å². The molecule has 0 saturated carbocycles. The van der Waals surface area contributed by atoms with E-state index in [-0.39, 0.29) is 0 Å². The summed E-state index contributed by atoms with van der Waals surface area (Å²) in [7, 11) is 0. The van der Waals surface area contributed by atoms with Gasteiger partial charge in [-0.25, -0.2) is 0 Å². The van der Waals surface area contributed by atoms with Gasteiger partial charge in [0, 0.05) is 25.7 Å². The van der Waals surface area contributed by atoms with Crippen molar-refractivity contribution in [3.8, 4) is 0 Å². The van der Waals surface area contributed by atoms with Gasteiger partial charge in [-0.1, -0.05) is 69.7 Å². The first kappa shape index (κ1) is 21.8. The Bertz CT molecular complexity index is 790. The quantitative estimate of drug-likeness (QED) is 0.541. The molecule has 0 amide bonds. The Kier molecular flexibility index (Phi) is 7.97. The van der Waals surface area contributed by atoms with Gasteiger partial charge in [-0.3, -0.25) is 0 Å². The van der Waals surface area contributed by atoms with Crippen molar-refractivity contribution >= 4 is 17.8 Å². The van der Waals surface area contributed by atoms with Gasteiger partial charge in [-0.05, 0) is 43.2 Å². The van der Waals surface area contributed by atoms with Crippen molar-refractivity contribution in [2.24, 2.45) is 0 Å². The minimum atomic E-state index is 0.345. The average Bonchev–Trinajstić information content (AvgIpc) is 3.15. The van der Waals surface area contributed by atoms with Crippen LogP contribution >= 0.6 is 0 Å². The summed E-state index contributed by atoms with van der Waals surface area (Å²) >= 11 is 0. The summed E-state index contributed by atoms with van der Waals surface area (Å²) in [4.78, 5) is 16.8. The summed E-state index contributed by atoms with van der Waals surface area (Å²) in [6.45, 7) is 5.23. The number of nitrogens with one attached hydrogen (secondary N) is 2. The van der Waals surface area contributed by atoms with Crippen molar-refractivity contribution in [3.05, 3.63) is 35.4 Å². The first-order valence-corrected chi connectivity index (χ1v) is 12.4. The fourth-order valence-corrected chi connectivity index (χ4v) is 4.69. The van der Waals surface area contributed by atoms with Gasteiger partial charge in [0.05, 0.1) is 0 Å². The van der Waals surface area contributed by atoms with Crippen LogP contribution in [0.5, 0.6) is 0 Å². The molecule has 0 bridgehead atoms. The van der Waals surface area contributed by atoms with E-state index in [0.29, 0.717) is 17.9 Å². The van der Waals surface area contributed by atoms with Crippen molar-refractivity contribution < 1.29 is 0 Å². The van der Waals surface area contributed by atoms with Crippen LogP contribution in [0.25, 0.3) is 0 Å². The number of fused-ring (bicyclic) bond motifs is 1. The smallest absolute Gasteiger partial charge is 0.231 e. The molecule has 0 unspecified atom stereocenters. The lowest BCUT2D eigenvalue weighted by Gasteiger charge is -2.25. The molecule has 6 heteroatoms. The van der Waals surface area contributed by atoms with Gasteiger partial charge in [0.2, 0.25) is 17.8 Å². The van der Waals surface area contributed by atoms with E-state index in [2.05, 4.69) is 46.7 Å². The SMILES string of the molecule is CCCCCCNc1nc(NC2Cc3ccccc3C2)nc(N2CCCCCCC2)n1. The number of benzene rings is 1. The zero-order valence-electron chi connectivity index (χ0n) is 19.1. The van der Waals surface area contributed by atoms with Gasteiger partial charge in [0.1, 0.15) is 0 Å². The fourth-order valence-electron chi connectivity index (χ4n) is 4.69. The van der Waals surface area contributed by atoms with E-state index in [1.165, 1.54) is 62.5 Å². The Hall–Kier alpha value is -2.37. The van der Waals surface area contributed by atoms with Crippen LogP contribution in [0.3, 0.4) is 0 Å². The first-order valence-electron chi connectivity index (χ1n) is 12.4. The van der Waals surface area contributed by atoms with Crippen LogP contribution in [0.1, 0.15) is 75.8 Å². The van der Waals surface area contributed by atoms with Gasteiger partial charge in [0.15, 0.2) is 0 Å². The number of aromatic nitrogens is 3. The molecule has 2 aliphatic rings. The van der Waals surface area contributed by atoms with Gasteiger partial charge in [0.25, 0.3) is 0 Å². The van der Waals surface area contributed by atoms with Crippen LogP contribution in [0.15, 0.2) is 24.3 Å². The standard InChI is InChI=1S/C25H38N6/c1-2-3-4-10-15-26-23-28-24(27-22-18-20-13-8-9-14-21(20)19-22)30-25(29-23)31-16-11-6-5-7-12-17-31/h8-9,13-14,22H,2-7,10-12,15-19H2,1H3,(H2,26,27,28,29,30). The molecule has 6 nitrogen and oxygen atoms in total. The van der Waals surface area contributed by atoms with Crippen LogP contribution < -0.4 is 15.5 Å². The number of hydrogen-bond acceptors (Lipinski definition) is 6. The number of rotatable bonds is 9. The third-order valence-corrected chi connectivity index (χ3v) is 6.46. The molecule has 1 fully saturated rings. The fraction of sp³-hybridized carbons (Fsp3) is 0.640. The van der Waals surface area contributed by atoms with E-state index in [1.807, 2.05) is 0 Å². The highest BCUT2D eigenvalue weighted by Gasteiger charge is 2.23. The molecule has 0 radical (unpaired) electrons. The molecule has 2 aromatic rings. The number of unbranched alkanes of at least 4 members (excludes halogenated alkanes) is 3. The van der Waals surface area contributed by atoms with E-state index in [4.69, 9.17) is 15.0 Å². The molecule has 1 aromatic heterocycles. The van der Waals surface area contributed by atoms with Crippen LogP contribution in [-0.2, 0) is 12.8 Å². The Morgan fingerprint density at radius 3 is 2.23 bits per heavy atom. The summed E-state index contributed by atoms with van der Waals surface area (Å²) in [5.74, 6) is 2.24. The summed E-state index contributed by atoms with van der Waals surface area (Å²) < 4.78 is 0. The Balaban J connectivity index is 1.46. The molecule has 1 aliphatic carbocycles. The van der Waals surface area contributed by atoms with E-state index in [0.717, 1.165) is 44.8 Å². The molecule has 168 valence electrons. The number of hydrogen-bond donors (Lipinski definition) is 2. The Morgan fingerprint density at radius 2 is 1.52 bits per heavy atom. The molecule has 0 atom stereocenters. The van der Waals surface area contributed by atoms with Crippen LogP contribution in [0.2, 0.25) is 0 Å². The molecule has 1 aliphatic heterocycles. The lowest BCUT2D eigenvalue weighted by atomic mass is 10.1. The number of anilines is 3. The maximum atomic E-state index is 4.87. The molecule has 31 heavy (non-hydrogen) atoms. The Morgan fingerprint density at radius 1 is 0.839 bits per heavy atom. The van der Waals surface area contributed by atoms with E-state index >= 15 is 0 Å². The highest BCUT2D eigenvalue weighted by atomic mass is 15.3. The minimum Gasteiger partial charge on any atom is -0.354 e. The normalized spacial score (nSPS) is 17.1. The van der Waals surface area contributed by atoms with E-state index in [9.17, 15) is 0 Å². The van der Waals surface area contributed by atoms with Gasteiger partial charge in [-0.15, -0.1) is 0 Å². The van der Waals surface area contributed by atoms with Gasteiger partial charge < -0.3 is 15.5 Å². The van der Waals surface area contributed by atoms with E-state index < -0.39 is 0 Å². The monoisotopic (exact) mass is 422 g/mol. The zero-order chi connectivity index (χ0) is 21.3. The molecule has 2 N–H and O–H groups in total. The molecule has 4 rings (SSSR count). The second kappa shape index (κ2) is 11.3. The van der Waals surface area contributed by atoms with Crippen molar-refractivity contribution in [3.63, 3.8) is 0 Å². The maximum Gasteiger partial charge on any atom is 0.231 e. The lowest BCUT2D eigenvalue weighted by molar-refractivity contribution is 0.550. The topological polar surface area (TPSA) is 66.0 Å². The third kappa shape index (κ3) is 6.31. The molecular weight excluding hydrogens is 384 g/mol. The van der Waals surface area contributed by atoms with Crippen LogP contribution in [-0.4, -0.2) is 40.6 Å². The summed E-state index contributed by atoms with van der Waals surface area (Å²) in [6, 6.07) is 9.08. The minimum absolute atomic E-state index is 0.345. The highest BCUT2D eigenvalue weighted by molar-refractivity contribution is 5.46. The maximum absolute atomic E-state index is 4.87. The molecule has 1 aromatic carbocycles. The summed E-state index contributed by atoms with van der Waals surface area (Å²) in [6.07, 6.45) is 13.4. The third-order valence-electron chi connectivity index (χ3n) is 6.46. The van der Waals surface area contributed by atoms with Crippen molar-refractivity contribution in [1.29, 1.82) is 0 Å². The Labute approximate surface area is 187 Å². The molecule has 0 spiro atoms.